The predicted molar refractivity (Wildman–Crippen MR) is 51.7 cm³/mol. The summed E-state index contributed by atoms with van der Waals surface area (Å²) in [7, 11) is 0. The third-order valence-corrected chi connectivity index (χ3v) is 1.42. The van der Waals surface area contributed by atoms with Crippen LogP contribution in [0.15, 0.2) is 0 Å². The minimum atomic E-state index is -1.22. The average Bonchev–Trinajstić information content (AvgIpc) is 2.15. The highest BCUT2D eigenvalue weighted by atomic mass is 16.6. The van der Waals surface area contributed by atoms with Crippen LogP contribution in [0.4, 0.5) is 0 Å². The number of nitrogens with two attached hydrogens (primary N) is 1. The van der Waals surface area contributed by atoms with E-state index < -0.39 is 12.1 Å². The molecule has 0 bridgehead atoms. The maximum Gasteiger partial charge on any atom is 0.336 e. The Morgan fingerprint density at radius 2 is 2.07 bits per heavy atom. The number of rotatable bonds is 7. The molecule has 0 heterocycles. The van der Waals surface area contributed by atoms with Crippen molar-refractivity contribution in [2.45, 2.75) is 20.0 Å². The average molecular weight is 205 g/mol. The zero-order chi connectivity index (χ0) is 11.0. The molecule has 0 rings (SSSR count). The number of carbonyl (C=O) groups is 1. The lowest BCUT2D eigenvalue weighted by Crippen LogP contribution is -2.31. The first kappa shape index (κ1) is 13.4. The van der Waals surface area contributed by atoms with E-state index >= 15 is 0 Å². The number of carbonyl (C=O) groups excluding carboxylic acids is 1. The van der Waals surface area contributed by atoms with Crippen LogP contribution < -0.4 is 5.73 Å². The lowest BCUT2D eigenvalue weighted by Gasteiger charge is -2.09. The zero-order valence-electron chi connectivity index (χ0n) is 8.73. The van der Waals surface area contributed by atoms with E-state index in [0.717, 1.165) is 0 Å². The molecule has 0 aromatic rings. The molecule has 0 saturated heterocycles. The van der Waals surface area contributed by atoms with Gasteiger partial charge in [-0.05, 0) is 5.92 Å². The van der Waals surface area contributed by atoms with Gasteiger partial charge in [-0.3, -0.25) is 0 Å². The normalized spacial score (nSPS) is 12.9. The van der Waals surface area contributed by atoms with Crippen molar-refractivity contribution in [3.05, 3.63) is 0 Å². The van der Waals surface area contributed by atoms with Gasteiger partial charge in [-0.1, -0.05) is 13.8 Å². The minimum Gasteiger partial charge on any atom is -0.461 e. The summed E-state index contributed by atoms with van der Waals surface area (Å²) < 4.78 is 9.85. The van der Waals surface area contributed by atoms with Crippen molar-refractivity contribution < 1.29 is 19.4 Å². The Balaban J connectivity index is 3.32. The lowest BCUT2D eigenvalue weighted by atomic mass is 10.2. The van der Waals surface area contributed by atoms with Crippen LogP contribution in [0.1, 0.15) is 13.8 Å². The van der Waals surface area contributed by atoms with Crippen LogP contribution in [0.2, 0.25) is 0 Å². The van der Waals surface area contributed by atoms with Crippen LogP contribution in [-0.4, -0.2) is 43.5 Å². The first-order valence-electron chi connectivity index (χ1n) is 4.70. The molecule has 0 aliphatic heterocycles. The van der Waals surface area contributed by atoms with E-state index in [1.807, 2.05) is 13.8 Å². The standard InChI is InChI=1S/C9H19NO4/c1-7(2)6-13-3-4-14-9(12)8(11)5-10/h7-8,11H,3-6,10H2,1-2H3/t8-/m0/s1. The molecule has 5 heteroatoms. The Morgan fingerprint density at radius 1 is 1.43 bits per heavy atom. The van der Waals surface area contributed by atoms with Gasteiger partial charge in [0.05, 0.1) is 6.61 Å². The number of ether oxygens (including phenoxy) is 2. The fourth-order valence-electron chi connectivity index (χ4n) is 0.713. The molecule has 0 aliphatic carbocycles. The maximum atomic E-state index is 10.9. The number of hydrogen-bond acceptors (Lipinski definition) is 5. The summed E-state index contributed by atoms with van der Waals surface area (Å²) >= 11 is 0. The molecule has 5 nitrogen and oxygen atoms in total. The fourth-order valence-corrected chi connectivity index (χ4v) is 0.713. The van der Waals surface area contributed by atoms with Gasteiger partial charge in [0.2, 0.25) is 0 Å². The van der Waals surface area contributed by atoms with E-state index in [2.05, 4.69) is 4.74 Å². The number of aliphatic hydroxyl groups excluding tert-OH is 1. The smallest absolute Gasteiger partial charge is 0.336 e. The fraction of sp³-hybridized carbons (Fsp3) is 0.889. The van der Waals surface area contributed by atoms with Crippen LogP contribution in [0.3, 0.4) is 0 Å². The number of aliphatic hydroxyl groups is 1. The van der Waals surface area contributed by atoms with Gasteiger partial charge in [0, 0.05) is 13.2 Å². The second kappa shape index (κ2) is 7.73. The van der Waals surface area contributed by atoms with Crippen molar-refractivity contribution >= 4 is 5.97 Å². The van der Waals surface area contributed by atoms with Crippen LogP contribution in [0.5, 0.6) is 0 Å². The van der Waals surface area contributed by atoms with Crippen molar-refractivity contribution in [3.8, 4) is 0 Å². The minimum absolute atomic E-state index is 0.119. The quantitative estimate of drug-likeness (QED) is 0.433. The summed E-state index contributed by atoms with van der Waals surface area (Å²) in [6.45, 7) is 5.08. The second-order valence-electron chi connectivity index (χ2n) is 3.39. The summed E-state index contributed by atoms with van der Waals surface area (Å²) in [5.74, 6) is -0.235. The van der Waals surface area contributed by atoms with Crippen molar-refractivity contribution in [1.29, 1.82) is 0 Å². The molecule has 0 radical (unpaired) electrons. The zero-order valence-corrected chi connectivity index (χ0v) is 8.73. The van der Waals surface area contributed by atoms with E-state index in [9.17, 15) is 4.79 Å². The highest BCUT2D eigenvalue weighted by Gasteiger charge is 2.13. The molecular formula is C9H19NO4. The molecule has 0 unspecified atom stereocenters. The number of hydrogen-bond donors (Lipinski definition) is 2. The first-order valence-corrected chi connectivity index (χ1v) is 4.70. The Labute approximate surface area is 84.2 Å². The first-order chi connectivity index (χ1) is 6.57. The third kappa shape index (κ3) is 6.82. The van der Waals surface area contributed by atoms with Gasteiger partial charge in [-0.15, -0.1) is 0 Å². The molecule has 3 N–H and O–H groups in total. The molecular weight excluding hydrogens is 186 g/mol. The molecule has 0 amide bonds. The lowest BCUT2D eigenvalue weighted by molar-refractivity contribution is -0.154. The SMILES string of the molecule is CC(C)COCCOC(=O)[C@@H](O)CN. The van der Waals surface area contributed by atoms with Crippen LogP contribution in [0.25, 0.3) is 0 Å². The van der Waals surface area contributed by atoms with Gasteiger partial charge in [0.25, 0.3) is 0 Å². The molecule has 0 aromatic carbocycles. The van der Waals surface area contributed by atoms with Gasteiger partial charge in [-0.25, -0.2) is 4.79 Å². The molecule has 1 atom stereocenters. The molecule has 0 saturated carbocycles. The van der Waals surface area contributed by atoms with E-state index in [1.165, 1.54) is 0 Å². The molecule has 0 aromatic heterocycles. The predicted octanol–water partition coefficient (Wildman–Crippen LogP) is -0.478. The summed E-state index contributed by atoms with van der Waals surface area (Å²) in [6, 6.07) is 0. The highest BCUT2D eigenvalue weighted by molar-refractivity contribution is 5.74. The van der Waals surface area contributed by atoms with E-state index in [4.69, 9.17) is 15.6 Å². The van der Waals surface area contributed by atoms with Crippen molar-refractivity contribution in [2.24, 2.45) is 11.7 Å². The van der Waals surface area contributed by atoms with E-state index in [-0.39, 0.29) is 13.2 Å². The summed E-state index contributed by atoms with van der Waals surface area (Å²) in [4.78, 5) is 10.9. The van der Waals surface area contributed by atoms with Crippen LogP contribution in [-0.2, 0) is 14.3 Å². The Hall–Kier alpha value is -0.650. The second-order valence-corrected chi connectivity index (χ2v) is 3.39. The highest BCUT2D eigenvalue weighted by Crippen LogP contribution is 1.92. The Kier molecular flexibility index (Phi) is 7.37. The van der Waals surface area contributed by atoms with Crippen molar-refractivity contribution in [2.75, 3.05) is 26.4 Å². The van der Waals surface area contributed by atoms with Crippen LogP contribution >= 0.6 is 0 Å². The van der Waals surface area contributed by atoms with Crippen molar-refractivity contribution in [1.82, 2.24) is 0 Å². The number of esters is 1. The van der Waals surface area contributed by atoms with Gasteiger partial charge in [0.15, 0.2) is 6.10 Å². The largest absolute Gasteiger partial charge is 0.461 e. The Bertz CT molecular complexity index is 161. The monoisotopic (exact) mass is 205 g/mol. The Morgan fingerprint density at radius 3 is 2.57 bits per heavy atom. The van der Waals surface area contributed by atoms with E-state index in [1.54, 1.807) is 0 Å². The molecule has 84 valence electrons. The van der Waals surface area contributed by atoms with Gasteiger partial charge in [-0.2, -0.15) is 0 Å². The maximum absolute atomic E-state index is 10.9. The van der Waals surface area contributed by atoms with Gasteiger partial charge >= 0.3 is 5.97 Å². The van der Waals surface area contributed by atoms with Gasteiger partial charge < -0.3 is 20.3 Å². The molecule has 0 fully saturated rings. The summed E-state index contributed by atoms with van der Waals surface area (Å²) in [5.41, 5.74) is 5.06. The molecule has 0 spiro atoms. The van der Waals surface area contributed by atoms with Crippen molar-refractivity contribution in [3.63, 3.8) is 0 Å². The summed E-state index contributed by atoms with van der Waals surface area (Å²) in [6.07, 6.45) is -1.22. The van der Waals surface area contributed by atoms with Gasteiger partial charge in [0.1, 0.15) is 6.61 Å². The third-order valence-electron chi connectivity index (χ3n) is 1.42. The van der Waals surface area contributed by atoms with E-state index in [0.29, 0.717) is 19.1 Å². The molecule has 0 aliphatic rings. The van der Waals surface area contributed by atoms with Crippen LogP contribution in [0, 0.1) is 5.92 Å². The topological polar surface area (TPSA) is 81.8 Å². The summed E-state index contributed by atoms with van der Waals surface area (Å²) in [5, 5.41) is 8.93. The molecule has 14 heavy (non-hydrogen) atoms.